The van der Waals surface area contributed by atoms with Crippen LogP contribution in [0.15, 0.2) is 6.33 Å². The Labute approximate surface area is 115 Å². The van der Waals surface area contributed by atoms with E-state index in [2.05, 4.69) is 29.4 Å². The lowest BCUT2D eigenvalue weighted by Crippen LogP contribution is -2.39. The van der Waals surface area contributed by atoms with E-state index in [1.54, 1.807) is 6.33 Å². The summed E-state index contributed by atoms with van der Waals surface area (Å²) in [6.45, 7) is 4.26. The molecule has 0 amide bonds. The van der Waals surface area contributed by atoms with Crippen molar-refractivity contribution in [2.45, 2.75) is 70.9 Å². The molecular weight excluding hydrogens is 238 g/mol. The molecule has 0 saturated heterocycles. The van der Waals surface area contributed by atoms with Crippen molar-refractivity contribution in [3.8, 4) is 0 Å². The molecule has 1 unspecified atom stereocenters. The van der Waals surface area contributed by atoms with E-state index in [0.717, 1.165) is 24.6 Å². The van der Waals surface area contributed by atoms with Gasteiger partial charge in [-0.05, 0) is 26.2 Å². The van der Waals surface area contributed by atoms with Gasteiger partial charge >= 0.3 is 0 Å². The van der Waals surface area contributed by atoms with Gasteiger partial charge in [-0.15, -0.1) is 0 Å². The van der Waals surface area contributed by atoms with Crippen LogP contribution in [0.5, 0.6) is 0 Å². The predicted molar refractivity (Wildman–Crippen MR) is 76.4 cm³/mol. The number of rotatable bonds is 6. The topological polar surface area (TPSA) is 68.8 Å². The zero-order valence-electron chi connectivity index (χ0n) is 12.2. The fraction of sp³-hybridized carbons (Fsp3) is 0.857. The summed E-state index contributed by atoms with van der Waals surface area (Å²) in [5, 5.41) is 4.29. The maximum atomic E-state index is 5.73. The van der Waals surface area contributed by atoms with Gasteiger partial charge in [0, 0.05) is 18.5 Å². The minimum atomic E-state index is 0.310. The van der Waals surface area contributed by atoms with Gasteiger partial charge in [0.25, 0.3) is 0 Å². The second-order valence-corrected chi connectivity index (χ2v) is 6.02. The van der Waals surface area contributed by atoms with Gasteiger partial charge in [-0.25, -0.2) is 9.67 Å². The monoisotopic (exact) mass is 265 g/mol. The third kappa shape index (κ3) is 4.01. The molecule has 1 atom stereocenters. The molecular formula is C14H27N5. The van der Waals surface area contributed by atoms with Gasteiger partial charge in [0.2, 0.25) is 0 Å². The Balaban J connectivity index is 1.92. The molecule has 1 heterocycles. The zero-order valence-corrected chi connectivity index (χ0v) is 12.2. The molecule has 0 bridgehead atoms. The molecule has 1 aliphatic carbocycles. The molecule has 3 N–H and O–H groups in total. The lowest BCUT2D eigenvalue weighted by molar-refractivity contribution is 0.294. The fourth-order valence-electron chi connectivity index (χ4n) is 3.11. The van der Waals surface area contributed by atoms with Crippen molar-refractivity contribution in [3.63, 3.8) is 0 Å². The Kier molecular flexibility index (Phi) is 5.34. The summed E-state index contributed by atoms with van der Waals surface area (Å²) in [5.74, 6) is 7.59. The van der Waals surface area contributed by atoms with Crippen molar-refractivity contribution in [3.05, 3.63) is 12.2 Å². The summed E-state index contributed by atoms with van der Waals surface area (Å²) in [5.41, 5.74) is 2.97. The minimum absolute atomic E-state index is 0.310. The first kappa shape index (κ1) is 14.5. The lowest BCUT2D eigenvalue weighted by Gasteiger charge is -2.26. The number of nitrogens with one attached hydrogen (secondary N) is 1. The van der Waals surface area contributed by atoms with Crippen LogP contribution in [-0.2, 0) is 6.42 Å². The van der Waals surface area contributed by atoms with E-state index in [9.17, 15) is 0 Å². The van der Waals surface area contributed by atoms with Gasteiger partial charge in [0.15, 0.2) is 0 Å². The van der Waals surface area contributed by atoms with E-state index < -0.39 is 0 Å². The van der Waals surface area contributed by atoms with Gasteiger partial charge in [-0.1, -0.05) is 32.1 Å². The van der Waals surface area contributed by atoms with Crippen molar-refractivity contribution < 1.29 is 0 Å². The third-order valence-electron chi connectivity index (χ3n) is 4.14. The van der Waals surface area contributed by atoms with Crippen LogP contribution in [0.2, 0.25) is 0 Å². The first-order valence-electron chi connectivity index (χ1n) is 7.55. The summed E-state index contributed by atoms with van der Waals surface area (Å²) >= 11 is 0. The van der Waals surface area contributed by atoms with Crippen molar-refractivity contribution in [2.75, 3.05) is 0 Å². The van der Waals surface area contributed by atoms with Gasteiger partial charge in [0.05, 0.1) is 0 Å². The molecule has 2 rings (SSSR count). The second kappa shape index (κ2) is 7.01. The first-order valence-corrected chi connectivity index (χ1v) is 7.55. The molecule has 19 heavy (non-hydrogen) atoms. The van der Waals surface area contributed by atoms with Crippen molar-refractivity contribution in [1.29, 1.82) is 0 Å². The van der Waals surface area contributed by atoms with Crippen LogP contribution >= 0.6 is 0 Å². The van der Waals surface area contributed by atoms with E-state index in [4.69, 9.17) is 5.84 Å². The molecule has 0 aliphatic heterocycles. The highest BCUT2D eigenvalue weighted by Gasteiger charge is 2.20. The van der Waals surface area contributed by atoms with Crippen LogP contribution in [0, 0.1) is 5.92 Å². The molecule has 5 heteroatoms. The maximum Gasteiger partial charge on any atom is 0.138 e. The van der Waals surface area contributed by atoms with Crippen LogP contribution < -0.4 is 11.3 Å². The van der Waals surface area contributed by atoms with Crippen LogP contribution in [0.4, 0.5) is 0 Å². The van der Waals surface area contributed by atoms with Crippen molar-refractivity contribution in [2.24, 2.45) is 11.8 Å². The summed E-state index contributed by atoms with van der Waals surface area (Å²) in [7, 11) is 0. The fourth-order valence-corrected chi connectivity index (χ4v) is 3.11. The Morgan fingerprint density at radius 2 is 2.11 bits per heavy atom. The van der Waals surface area contributed by atoms with Crippen molar-refractivity contribution >= 4 is 0 Å². The van der Waals surface area contributed by atoms with Crippen LogP contribution in [-0.4, -0.2) is 20.8 Å². The number of hydrogen-bond donors (Lipinski definition) is 2. The number of hydrazine groups is 1. The SMILES string of the molecule is CC(C)n1ncnc1CC(CC1CCCCC1)NN. The molecule has 1 aromatic rings. The minimum Gasteiger partial charge on any atom is -0.271 e. The lowest BCUT2D eigenvalue weighted by atomic mass is 9.84. The molecule has 1 aromatic heterocycles. The molecule has 108 valence electrons. The summed E-state index contributed by atoms with van der Waals surface area (Å²) in [6.07, 6.45) is 10.5. The second-order valence-electron chi connectivity index (χ2n) is 6.02. The van der Waals surface area contributed by atoms with E-state index in [1.165, 1.54) is 32.1 Å². The van der Waals surface area contributed by atoms with E-state index in [1.807, 2.05) is 4.68 Å². The predicted octanol–water partition coefficient (Wildman–Crippen LogP) is 2.20. The number of hydrogen-bond acceptors (Lipinski definition) is 4. The van der Waals surface area contributed by atoms with Crippen LogP contribution in [0.3, 0.4) is 0 Å². The average Bonchev–Trinajstić information content (AvgIpc) is 2.87. The molecule has 1 fully saturated rings. The van der Waals surface area contributed by atoms with Crippen LogP contribution in [0.1, 0.15) is 64.2 Å². The quantitative estimate of drug-likeness (QED) is 0.611. The summed E-state index contributed by atoms with van der Waals surface area (Å²) < 4.78 is 1.99. The number of nitrogens with two attached hydrogens (primary N) is 1. The smallest absolute Gasteiger partial charge is 0.138 e. The largest absolute Gasteiger partial charge is 0.271 e. The Morgan fingerprint density at radius 3 is 2.74 bits per heavy atom. The standard InChI is InChI=1S/C14H27N5/c1-11(2)19-14(16-10-17-19)9-13(18-15)8-12-6-4-3-5-7-12/h10-13,18H,3-9,15H2,1-2H3. The highest BCUT2D eigenvalue weighted by atomic mass is 15.3. The van der Waals surface area contributed by atoms with Gasteiger partial charge in [-0.3, -0.25) is 11.3 Å². The Bertz CT molecular complexity index is 368. The Morgan fingerprint density at radius 1 is 1.37 bits per heavy atom. The molecule has 5 nitrogen and oxygen atoms in total. The summed E-state index contributed by atoms with van der Waals surface area (Å²) in [4.78, 5) is 4.37. The van der Waals surface area contributed by atoms with Gasteiger partial charge in [0.1, 0.15) is 12.2 Å². The van der Waals surface area contributed by atoms with E-state index in [-0.39, 0.29) is 0 Å². The van der Waals surface area contributed by atoms with Crippen molar-refractivity contribution in [1.82, 2.24) is 20.2 Å². The molecule has 1 aliphatic rings. The van der Waals surface area contributed by atoms with E-state index >= 15 is 0 Å². The first-order chi connectivity index (χ1) is 9.20. The van der Waals surface area contributed by atoms with Gasteiger partial charge in [-0.2, -0.15) is 5.10 Å². The number of aromatic nitrogens is 3. The maximum absolute atomic E-state index is 5.73. The van der Waals surface area contributed by atoms with E-state index in [0.29, 0.717) is 12.1 Å². The summed E-state index contributed by atoms with van der Waals surface area (Å²) in [6, 6.07) is 0.662. The molecule has 1 saturated carbocycles. The third-order valence-corrected chi connectivity index (χ3v) is 4.14. The highest BCUT2D eigenvalue weighted by Crippen LogP contribution is 2.27. The average molecular weight is 265 g/mol. The molecule has 0 radical (unpaired) electrons. The Hall–Kier alpha value is -0.940. The number of nitrogens with zero attached hydrogens (tertiary/aromatic N) is 3. The molecule has 0 spiro atoms. The normalized spacial score (nSPS) is 18.9. The van der Waals surface area contributed by atoms with Crippen LogP contribution in [0.25, 0.3) is 0 Å². The van der Waals surface area contributed by atoms with Gasteiger partial charge < -0.3 is 0 Å². The zero-order chi connectivity index (χ0) is 13.7. The highest BCUT2D eigenvalue weighted by molar-refractivity contribution is 4.91. The molecule has 0 aromatic carbocycles.